The Morgan fingerprint density at radius 2 is 1.76 bits per heavy atom. The average molecular weight is 340 g/mol. The Labute approximate surface area is 148 Å². The van der Waals surface area contributed by atoms with E-state index in [1.165, 1.54) is 0 Å². The average Bonchev–Trinajstić information content (AvgIpc) is 2.87. The molecule has 0 bridgehead atoms. The fraction of sp³-hybridized carbons (Fsp3) is 0.316. The van der Waals surface area contributed by atoms with Gasteiger partial charge in [-0.25, -0.2) is 4.73 Å². The van der Waals surface area contributed by atoms with Crippen molar-refractivity contribution in [3.63, 3.8) is 0 Å². The number of hydrogen-bond acceptors (Lipinski definition) is 4. The van der Waals surface area contributed by atoms with Crippen LogP contribution < -0.4 is 14.5 Å². The van der Waals surface area contributed by atoms with Crippen molar-refractivity contribution in [3.05, 3.63) is 53.7 Å². The first-order valence-corrected chi connectivity index (χ1v) is 8.28. The lowest BCUT2D eigenvalue weighted by Gasteiger charge is -2.12. The number of aromatic nitrogens is 2. The van der Waals surface area contributed by atoms with Crippen LogP contribution in [0, 0.1) is 5.21 Å². The Morgan fingerprint density at radius 1 is 1.04 bits per heavy atom. The number of fused-ring (bicyclic) bond motifs is 1. The van der Waals surface area contributed by atoms with Crippen LogP contribution in [-0.4, -0.2) is 51.0 Å². The van der Waals surface area contributed by atoms with E-state index in [1.807, 2.05) is 86.5 Å². The summed E-state index contributed by atoms with van der Waals surface area (Å²) >= 11 is 0. The lowest BCUT2D eigenvalue weighted by atomic mass is 10.2. The monoisotopic (exact) mass is 340 g/mol. The zero-order valence-electron chi connectivity index (χ0n) is 15.1. The van der Waals surface area contributed by atoms with E-state index in [2.05, 4.69) is 0 Å². The summed E-state index contributed by atoms with van der Waals surface area (Å²) < 4.78 is 2.61. The molecule has 0 spiro atoms. The molecule has 25 heavy (non-hydrogen) atoms. The summed E-state index contributed by atoms with van der Waals surface area (Å²) in [7, 11) is 7.94. The SMILES string of the molecule is CN(C)CCOn1c(-c2ccccc2)[n+]([O-])c2ccc(N(C)C)cc21. The van der Waals surface area contributed by atoms with Crippen LogP contribution in [0.15, 0.2) is 48.5 Å². The molecule has 1 heterocycles. The van der Waals surface area contributed by atoms with Crippen molar-refractivity contribution in [2.75, 3.05) is 46.2 Å². The molecule has 0 aliphatic carbocycles. The predicted octanol–water partition coefficient (Wildman–Crippen LogP) is 2.00. The van der Waals surface area contributed by atoms with E-state index >= 15 is 0 Å². The van der Waals surface area contributed by atoms with Gasteiger partial charge in [0.2, 0.25) is 5.52 Å². The number of hydrogen-bond donors (Lipinski definition) is 0. The van der Waals surface area contributed by atoms with Crippen LogP contribution in [0.25, 0.3) is 22.4 Å². The summed E-state index contributed by atoms with van der Waals surface area (Å²) in [6.45, 7) is 1.25. The zero-order valence-corrected chi connectivity index (χ0v) is 15.1. The van der Waals surface area contributed by atoms with Gasteiger partial charge in [-0.1, -0.05) is 18.2 Å². The van der Waals surface area contributed by atoms with Crippen molar-refractivity contribution in [1.29, 1.82) is 0 Å². The van der Waals surface area contributed by atoms with Crippen LogP contribution in [-0.2, 0) is 0 Å². The Kier molecular flexibility index (Phi) is 4.81. The van der Waals surface area contributed by atoms with Crippen LogP contribution in [0.5, 0.6) is 0 Å². The van der Waals surface area contributed by atoms with Gasteiger partial charge in [0, 0.05) is 32.4 Å². The van der Waals surface area contributed by atoms with Crippen LogP contribution in [0.4, 0.5) is 5.69 Å². The fourth-order valence-corrected chi connectivity index (χ4v) is 2.70. The van der Waals surface area contributed by atoms with E-state index in [0.29, 0.717) is 17.9 Å². The van der Waals surface area contributed by atoms with Gasteiger partial charge in [0.05, 0.1) is 5.56 Å². The smallest absolute Gasteiger partial charge is 0.332 e. The quantitative estimate of drug-likeness (QED) is 0.509. The third-order valence-corrected chi connectivity index (χ3v) is 4.09. The fourth-order valence-electron chi connectivity index (χ4n) is 2.70. The Hall–Kier alpha value is -2.73. The van der Waals surface area contributed by atoms with E-state index in [-0.39, 0.29) is 0 Å². The van der Waals surface area contributed by atoms with Crippen molar-refractivity contribution in [1.82, 2.24) is 9.63 Å². The molecular weight excluding hydrogens is 316 g/mol. The Balaban J connectivity index is 2.16. The highest BCUT2D eigenvalue weighted by Crippen LogP contribution is 2.25. The maximum atomic E-state index is 12.9. The number of nitrogens with zero attached hydrogens (tertiary/aromatic N) is 4. The highest BCUT2D eigenvalue weighted by atomic mass is 16.7. The number of likely N-dealkylation sites (N-methyl/N-ethyl adjacent to an activating group) is 1. The molecule has 0 radical (unpaired) electrons. The van der Waals surface area contributed by atoms with Crippen LogP contribution in [0.2, 0.25) is 0 Å². The summed E-state index contributed by atoms with van der Waals surface area (Å²) in [6.07, 6.45) is 0. The lowest BCUT2D eigenvalue weighted by Crippen LogP contribution is -2.31. The Morgan fingerprint density at radius 3 is 2.40 bits per heavy atom. The first-order valence-electron chi connectivity index (χ1n) is 8.28. The molecule has 0 amide bonds. The van der Waals surface area contributed by atoms with E-state index in [9.17, 15) is 5.21 Å². The van der Waals surface area contributed by atoms with E-state index < -0.39 is 0 Å². The molecule has 0 aliphatic rings. The first kappa shape index (κ1) is 17.1. The second-order valence-corrected chi connectivity index (χ2v) is 6.48. The standard InChI is InChI=1S/C19H24N4O2/c1-20(2)12-13-25-23-18-14-16(21(3)4)10-11-17(18)22(24)19(23)15-8-6-5-7-9-15/h5-11,14H,12-13H2,1-4H3. The van der Waals surface area contributed by atoms with Crippen LogP contribution in [0.3, 0.4) is 0 Å². The highest BCUT2D eigenvalue weighted by molar-refractivity contribution is 5.80. The minimum Gasteiger partial charge on any atom is -0.710 e. The van der Waals surface area contributed by atoms with Crippen LogP contribution in [0.1, 0.15) is 0 Å². The van der Waals surface area contributed by atoms with E-state index in [4.69, 9.17) is 4.84 Å². The van der Waals surface area contributed by atoms with E-state index in [1.54, 1.807) is 4.73 Å². The molecule has 2 aromatic carbocycles. The molecule has 132 valence electrons. The molecule has 0 aliphatic heterocycles. The lowest BCUT2D eigenvalue weighted by molar-refractivity contribution is -0.567. The maximum Gasteiger partial charge on any atom is 0.332 e. The zero-order chi connectivity index (χ0) is 18.0. The number of benzene rings is 2. The molecule has 0 N–H and O–H groups in total. The third-order valence-electron chi connectivity index (χ3n) is 4.09. The second-order valence-electron chi connectivity index (χ2n) is 6.48. The van der Waals surface area contributed by atoms with Crippen molar-refractivity contribution < 1.29 is 9.57 Å². The normalized spacial score (nSPS) is 11.2. The minimum absolute atomic E-state index is 0.489. The number of imidazole rings is 1. The first-order chi connectivity index (χ1) is 12.0. The van der Waals surface area contributed by atoms with Gasteiger partial charge in [-0.05, 0) is 43.1 Å². The van der Waals surface area contributed by atoms with Gasteiger partial charge in [0.15, 0.2) is 12.1 Å². The molecule has 0 unspecified atom stereocenters. The van der Waals surface area contributed by atoms with Gasteiger partial charge < -0.3 is 19.8 Å². The second kappa shape index (κ2) is 7.03. The molecule has 3 aromatic rings. The van der Waals surface area contributed by atoms with Crippen molar-refractivity contribution in [2.24, 2.45) is 0 Å². The largest absolute Gasteiger partial charge is 0.710 e. The van der Waals surface area contributed by atoms with E-state index in [0.717, 1.165) is 28.0 Å². The predicted molar refractivity (Wildman–Crippen MR) is 101 cm³/mol. The van der Waals surface area contributed by atoms with Gasteiger partial charge in [-0.3, -0.25) is 0 Å². The minimum atomic E-state index is 0.489. The maximum absolute atomic E-state index is 12.9. The van der Waals surface area contributed by atoms with Crippen molar-refractivity contribution >= 4 is 16.7 Å². The summed E-state index contributed by atoms with van der Waals surface area (Å²) in [5.41, 5.74) is 3.20. The summed E-state index contributed by atoms with van der Waals surface area (Å²) in [5, 5.41) is 12.9. The summed E-state index contributed by atoms with van der Waals surface area (Å²) in [6, 6.07) is 15.4. The van der Waals surface area contributed by atoms with Gasteiger partial charge >= 0.3 is 5.82 Å². The topological polar surface area (TPSA) is 47.6 Å². The summed E-state index contributed by atoms with van der Waals surface area (Å²) in [5.74, 6) is 0.491. The molecule has 0 saturated heterocycles. The van der Waals surface area contributed by atoms with Gasteiger partial charge in [-0.15, -0.1) is 0 Å². The highest BCUT2D eigenvalue weighted by Gasteiger charge is 2.25. The van der Waals surface area contributed by atoms with Crippen molar-refractivity contribution in [2.45, 2.75) is 0 Å². The van der Waals surface area contributed by atoms with Crippen molar-refractivity contribution in [3.8, 4) is 11.4 Å². The van der Waals surface area contributed by atoms with Gasteiger partial charge in [0.25, 0.3) is 0 Å². The van der Waals surface area contributed by atoms with Gasteiger partial charge in [-0.2, -0.15) is 0 Å². The van der Waals surface area contributed by atoms with Gasteiger partial charge in [0.1, 0.15) is 0 Å². The summed E-state index contributed by atoms with van der Waals surface area (Å²) in [4.78, 5) is 10.1. The molecule has 0 fully saturated rings. The third kappa shape index (κ3) is 3.39. The number of rotatable bonds is 6. The molecular formula is C19H24N4O2. The molecule has 3 rings (SSSR count). The molecule has 6 heteroatoms. The molecule has 1 aromatic heterocycles. The molecule has 6 nitrogen and oxygen atoms in total. The molecule has 0 atom stereocenters. The Bertz CT molecular complexity index is 857. The molecule has 0 saturated carbocycles. The number of anilines is 1. The van der Waals surface area contributed by atoms with Crippen LogP contribution >= 0.6 is 0 Å².